The molecule has 0 bridgehead atoms. The van der Waals surface area contributed by atoms with Crippen LogP contribution in [0.1, 0.15) is 30.0 Å². The monoisotopic (exact) mass is 270 g/mol. The molecule has 0 saturated heterocycles. The molecule has 1 atom stereocenters. The lowest BCUT2D eigenvalue weighted by Crippen LogP contribution is -2.15. The third-order valence-electron chi connectivity index (χ3n) is 3.94. The predicted molar refractivity (Wildman–Crippen MR) is 74.6 cm³/mol. The lowest BCUT2D eigenvalue weighted by molar-refractivity contribution is 0.314. The van der Waals surface area contributed by atoms with E-state index in [0.29, 0.717) is 12.0 Å². The molecule has 2 aromatic rings. The van der Waals surface area contributed by atoms with E-state index in [0.717, 1.165) is 31.1 Å². The summed E-state index contributed by atoms with van der Waals surface area (Å²) in [6.07, 6.45) is 4.63. The molecule has 1 aliphatic heterocycles. The van der Waals surface area contributed by atoms with E-state index in [1.54, 1.807) is 0 Å². The van der Waals surface area contributed by atoms with Gasteiger partial charge >= 0.3 is 0 Å². The van der Waals surface area contributed by atoms with Gasteiger partial charge in [-0.3, -0.25) is 4.68 Å². The van der Waals surface area contributed by atoms with Gasteiger partial charge in [0.25, 0.3) is 0 Å². The van der Waals surface area contributed by atoms with Crippen molar-refractivity contribution in [1.29, 1.82) is 0 Å². The highest BCUT2D eigenvalue weighted by Gasteiger charge is 2.24. The molecule has 1 unspecified atom stereocenters. The summed E-state index contributed by atoms with van der Waals surface area (Å²) in [5, 5.41) is 11.9. The highest BCUT2D eigenvalue weighted by atomic mass is 16.5. The van der Waals surface area contributed by atoms with Crippen molar-refractivity contribution in [2.75, 3.05) is 6.61 Å². The number of hydrogen-bond acceptors (Lipinski definition) is 4. The van der Waals surface area contributed by atoms with Gasteiger partial charge in [-0.1, -0.05) is 23.4 Å². The van der Waals surface area contributed by atoms with Crippen LogP contribution in [0.2, 0.25) is 0 Å². The standard InChI is InChI=1S/C15H18N4O/c1-2-4-15-14(3-1)11(10-20-15)8-19-9-13(17-18-19)7-16-12-5-6-12/h1-4,9,11-12,16H,5-8,10H2. The van der Waals surface area contributed by atoms with Crippen LogP contribution < -0.4 is 10.1 Å². The van der Waals surface area contributed by atoms with Crippen LogP contribution in [-0.4, -0.2) is 27.6 Å². The Labute approximate surface area is 117 Å². The predicted octanol–water partition coefficient (Wildman–Crippen LogP) is 1.71. The van der Waals surface area contributed by atoms with Crippen molar-refractivity contribution < 1.29 is 4.74 Å². The third kappa shape index (κ3) is 2.41. The van der Waals surface area contributed by atoms with Gasteiger partial charge in [-0.2, -0.15) is 0 Å². The van der Waals surface area contributed by atoms with Crippen molar-refractivity contribution in [2.45, 2.75) is 37.9 Å². The van der Waals surface area contributed by atoms with E-state index in [9.17, 15) is 0 Å². The van der Waals surface area contributed by atoms with Crippen LogP contribution in [0.5, 0.6) is 5.75 Å². The molecule has 0 spiro atoms. The van der Waals surface area contributed by atoms with Gasteiger partial charge in [0.1, 0.15) is 5.75 Å². The second kappa shape index (κ2) is 4.90. The quantitative estimate of drug-likeness (QED) is 0.898. The minimum atomic E-state index is 0.372. The fourth-order valence-corrected chi connectivity index (χ4v) is 2.65. The summed E-state index contributed by atoms with van der Waals surface area (Å²) in [5.41, 5.74) is 2.30. The summed E-state index contributed by atoms with van der Waals surface area (Å²) in [6.45, 7) is 2.38. The summed E-state index contributed by atoms with van der Waals surface area (Å²) in [6, 6.07) is 8.95. The minimum Gasteiger partial charge on any atom is -0.493 e. The zero-order valence-electron chi connectivity index (χ0n) is 11.3. The maximum absolute atomic E-state index is 5.70. The molecule has 0 radical (unpaired) electrons. The van der Waals surface area contributed by atoms with Crippen LogP contribution >= 0.6 is 0 Å². The van der Waals surface area contributed by atoms with Gasteiger partial charge in [0.15, 0.2) is 0 Å². The highest BCUT2D eigenvalue weighted by molar-refractivity contribution is 5.39. The second-order valence-electron chi connectivity index (χ2n) is 5.63. The molecule has 4 rings (SSSR count). The van der Waals surface area contributed by atoms with Crippen molar-refractivity contribution in [3.05, 3.63) is 41.7 Å². The number of rotatable bonds is 5. The number of ether oxygens (including phenoxy) is 1. The first-order chi connectivity index (χ1) is 9.88. The number of benzene rings is 1. The molecule has 5 nitrogen and oxygen atoms in total. The first-order valence-corrected chi connectivity index (χ1v) is 7.22. The Balaban J connectivity index is 1.41. The van der Waals surface area contributed by atoms with E-state index >= 15 is 0 Å². The molecule has 0 amide bonds. The van der Waals surface area contributed by atoms with Gasteiger partial charge in [-0.05, 0) is 18.9 Å². The van der Waals surface area contributed by atoms with E-state index in [4.69, 9.17) is 4.74 Å². The Bertz CT molecular complexity index is 605. The first-order valence-electron chi connectivity index (χ1n) is 7.22. The van der Waals surface area contributed by atoms with Crippen molar-refractivity contribution in [3.8, 4) is 5.75 Å². The lowest BCUT2D eigenvalue weighted by Gasteiger charge is -2.07. The minimum absolute atomic E-state index is 0.372. The average Bonchev–Trinajstić information content (AvgIpc) is 3.06. The largest absolute Gasteiger partial charge is 0.493 e. The summed E-state index contributed by atoms with van der Waals surface area (Å²) in [4.78, 5) is 0. The van der Waals surface area contributed by atoms with Crippen LogP contribution in [0.4, 0.5) is 0 Å². The summed E-state index contributed by atoms with van der Waals surface area (Å²) in [5.74, 6) is 1.38. The fraction of sp³-hybridized carbons (Fsp3) is 0.467. The number of nitrogens with zero attached hydrogens (tertiary/aromatic N) is 3. The van der Waals surface area contributed by atoms with Gasteiger partial charge < -0.3 is 10.1 Å². The molecule has 104 valence electrons. The Morgan fingerprint density at radius 2 is 2.20 bits per heavy atom. The van der Waals surface area contributed by atoms with Crippen LogP contribution in [0.15, 0.2) is 30.5 Å². The molecular weight excluding hydrogens is 252 g/mol. The van der Waals surface area contributed by atoms with Crippen molar-refractivity contribution in [1.82, 2.24) is 20.3 Å². The van der Waals surface area contributed by atoms with E-state index in [1.165, 1.54) is 18.4 Å². The van der Waals surface area contributed by atoms with Gasteiger partial charge in [0.05, 0.1) is 18.8 Å². The highest BCUT2D eigenvalue weighted by Crippen LogP contribution is 2.34. The third-order valence-corrected chi connectivity index (χ3v) is 3.94. The molecule has 1 N–H and O–H groups in total. The number of nitrogens with one attached hydrogen (secondary N) is 1. The summed E-state index contributed by atoms with van der Waals surface area (Å²) in [7, 11) is 0. The molecule has 2 heterocycles. The smallest absolute Gasteiger partial charge is 0.122 e. The summed E-state index contributed by atoms with van der Waals surface area (Å²) < 4.78 is 7.63. The van der Waals surface area contributed by atoms with Gasteiger partial charge in [-0.15, -0.1) is 5.10 Å². The zero-order valence-corrected chi connectivity index (χ0v) is 11.3. The van der Waals surface area contributed by atoms with Gasteiger partial charge in [-0.25, -0.2) is 0 Å². The SMILES string of the molecule is c1ccc2c(c1)OCC2Cn1cc(CNC2CC2)nn1. The Morgan fingerprint density at radius 1 is 1.30 bits per heavy atom. The summed E-state index contributed by atoms with van der Waals surface area (Å²) >= 11 is 0. The topological polar surface area (TPSA) is 52.0 Å². The van der Waals surface area contributed by atoms with Crippen molar-refractivity contribution >= 4 is 0 Å². The molecule has 1 saturated carbocycles. The Morgan fingerprint density at radius 3 is 3.10 bits per heavy atom. The van der Waals surface area contributed by atoms with Crippen LogP contribution in [0.25, 0.3) is 0 Å². The van der Waals surface area contributed by atoms with E-state index in [1.807, 2.05) is 23.0 Å². The van der Waals surface area contributed by atoms with Crippen molar-refractivity contribution in [2.24, 2.45) is 0 Å². The Kier molecular flexibility index (Phi) is 2.92. The zero-order chi connectivity index (χ0) is 13.4. The molecular formula is C15H18N4O. The van der Waals surface area contributed by atoms with Crippen LogP contribution in [0.3, 0.4) is 0 Å². The van der Waals surface area contributed by atoms with E-state index in [-0.39, 0.29) is 0 Å². The second-order valence-corrected chi connectivity index (χ2v) is 5.63. The molecule has 2 aliphatic rings. The van der Waals surface area contributed by atoms with E-state index < -0.39 is 0 Å². The molecule has 1 aromatic heterocycles. The number of para-hydroxylation sites is 1. The molecule has 1 fully saturated rings. The number of fused-ring (bicyclic) bond motifs is 1. The lowest BCUT2D eigenvalue weighted by atomic mass is 10.0. The fourth-order valence-electron chi connectivity index (χ4n) is 2.65. The normalized spacial score (nSPS) is 20.7. The van der Waals surface area contributed by atoms with Gasteiger partial charge in [0.2, 0.25) is 0 Å². The number of hydrogen-bond donors (Lipinski definition) is 1. The maximum atomic E-state index is 5.70. The van der Waals surface area contributed by atoms with Crippen LogP contribution in [-0.2, 0) is 13.1 Å². The first kappa shape index (κ1) is 11.9. The molecule has 1 aliphatic carbocycles. The van der Waals surface area contributed by atoms with E-state index in [2.05, 4.69) is 27.8 Å². The van der Waals surface area contributed by atoms with Crippen molar-refractivity contribution in [3.63, 3.8) is 0 Å². The molecule has 5 heteroatoms. The molecule has 1 aromatic carbocycles. The van der Waals surface area contributed by atoms with Gasteiger partial charge in [0, 0.05) is 30.3 Å². The van der Waals surface area contributed by atoms with Crippen LogP contribution in [0, 0.1) is 0 Å². The number of aromatic nitrogens is 3. The Hall–Kier alpha value is -1.88. The average molecular weight is 270 g/mol. The maximum Gasteiger partial charge on any atom is 0.122 e. The molecule has 20 heavy (non-hydrogen) atoms.